The number of nitrogens with zero attached hydrogens (tertiary/aromatic N) is 1. The molecule has 0 spiro atoms. The van der Waals surface area contributed by atoms with E-state index in [-0.39, 0.29) is 4.91 Å². The minimum absolute atomic E-state index is 0.225. The van der Waals surface area contributed by atoms with Crippen LogP contribution in [0.15, 0.2) is 89.8 Å². The first-order valence-electron chi connectivity index (χ1n) is 11.9. The van der Waals surface area contributed by atoms with Crippen LogP contribution in [0, 0.1) is 6.92 Å². The highest BCUT2D eigenvalue weighted by molar-refractivity contribution is 8.18. The summed E-state index contributed by atoms with van der Waals surface area (Å²) >= 11 is 6.91. The van der Waals surface area contributed by atoms with Crippen LogP contribution in [-0.4, -0.2) is 28.5 Å². The second-order valence-corrected chi connectivity index (χ2v) is 10.2. The maximum atomic E-state index is 13.0. The van der Waals surface area contributed by atoms with Crippen LogP contribution in [-0.2, 0) is 16.2 Å². The van der Waals surface area contributed by atoms with Gasteiger partial charge in [0.05, 0.1) is 4.91 Å². The standard InChI is InChI=1S/C30H23ClN2O4S/c1-19-10-13-24(16-25(19)31)32-28(34)17-33-29(35)27(38-30(33)36)15-23-8-4-5-9-26(23)37-18-20-11-12-21-6-2-3-7-22(21)14-20/h2-16H,17-18H2,1H3,(H,32,34)/b27-15-. The molecule has 0 unspecified atom stereocenters. The molecular weight excluding hydrogens is 520 g/mol. The molecule has 6 nitrogen and oxygen atoms in total. The van der Waals surface area contributed by atoms with Crippen LogP contribution in [0.5, 0.6) is 5.75 Å². The predicted molar refractivity (Wildman–Crippen MR) is 152 cm³/mol. The van der Waals surface area contributed by atoms with E-state index in [0.717, 1.165) is 38.6 Å². The van der Waals surface area contributed by atoms with E-state index in [1.165, 1.54) is 0 Å². The number of rotatable bonds is 7. The first-order chi connectivity index (χ1) is 18.4. The van der Waals surface area contributed by atoms with Crippen molar-refractivity contribution in [2.24, 2.45) is 0 Å². The van der Waals surface area contributed by atoms with Gasteiger partial charge in [-0.3, -0.25) is 19.3 Å². The zero-order chi connectivity index (χ0) is 26.6. The molecule has 1 fully saturated rings. The zero-order valence-electron chi connectivity index (χ0n) is 20.4. The second-order valence-electron chi connectivity index (χ2n) is 8.79. The van der Waals surface area contributed by atoms with E-state index in [1.54, 1.807) is 24.3 Å². The van der Waals surface area contributed by atoms with E-state index < -0.39 is 23.6 Å². The summed E-state index contributed by atoms with van der Waals surface area (Å²) < 4.78 is 6.08. The fourth-order valence-corrected chi connectivity index (χ4v) is 5.02. The van der Waals surface area contributed by atoms with Gasteiger partial charge in [0.15, 0.2) is 0 Å². The molecule has 1 heterocycles. The molecule has 1 aliphatic rings. The first kappa shape index (κ1) is 25.6. The molecule has 1 saturated heterocycles. The monoisotopic (exact) mass is 542 g/mol. The van der Waals surface area contributed by atoms with Crippen molar-refractivity contribution in [3.8, 4) is 5.75 Å². The number of fused-ring (bicyclic) bond motifs is 1. The number of thioether (sulfide) groups is 1. The number of aryl methyl sites for hydroxylation is 1. The van der Waals surface area contributed by atoms with Gasteiger partial charge in [-0.1, -0.05) is 72.3 Å². The molecule has 190 valence electrons. The van der Waals surface area contributed by atoms with E-state index in [2.05, 4.69) is 29.6 Å². The molecule has 4 aromatic carbocycles. The molecule has 3 amide bonds. The molecule has 8 heteroatoms. The summed E-state index contributed by atoms with van der Waals surface area (Å²) in [7, 11) is 0. The lowest BCUT2D eigenvalue weighted by Crippen LogP contribution is -2.36. The van der Waals surface area contributed by atoms with Crippen LogP contribution in [0.2, 0.25) is 5.02 Å². The number of ether oxygens (including phenoxy) is 1. The van der Waals surface area contributed by atoms with Gasteiger partial charge in [-0.2, -0.15) is 0 Å². The summed E-state index contributed by atoms with van der Waals surface area (Å²) in [4.78, 5) is 39.2. The largest absolute Gasteiger partial charge is 0.488 e. The van der Waals surface area contributed by atoms with Crippen LogP contribution in [0.25, 0.3) is 16.8 Å². The number of hydrogen-bond acceptors (Lipinski definition) is 5. The SMILES string of the molecule is Cc1ccc(NC(=O)CN2C(=O)S/C(=C\c3ccccc3OCc3ccc4ccccc4c3)C2=O)cc1Cl. The van der Waals surface area contributed by atoms with Crippen molar-refractivity contribution in [3.05, 3.63) is 112 Å². The highest BCUT2D eigenvalue weighted by Gasteiger charge is 2.36. The number of para-hydroxylation sites is 1. The number of imide groups is 1. The number of halogens is 1. The van der Waals surface area contributed by atoms with Gasteiger partial charge in [0.25, 0.3) is 11.1 Å². The molecule has 4 aromatic rings. The highest BCUT2D eigenvalue weighted by Crippen LogP contribution is 2.34. The van der Waals surface area contributed by atoms with Crippen LogP contribution in [0.4, 0.5) is 10.5 Å². The van der Waals surface area contributed by atoms with E-state index >= 15 is 0 Å². The van der Waals surface area contributed by atoms with Crippen LogP contribution < -0.4 is 10.1 Å². The summed E-state index contributed by atoms with van der Waals surface area (Å²) in [5, 5.41) is 4.97. The maximum absolute atomic E-state index is 13.0. The number of hydrogen-bond donors (Lipinski definition) is 1. The van der Waals surface area contributed by atoms with Crippen LogP contribution in [0.1, 0.15) is 16.7 Å². The molecule has 5 rings (SSSR count). The third-order valence-electron chi connectivity index (χ3n) is 6.04. The Morgan fingerprint density at radius 2 is 1.74 bits per heavy atom. The van der Waals surface area contributed by atoms with E-state index in [4.69, 9.17) is 16.3 Å². The summed E-state index contributed by atoms with van der Waals surface area (Å²) in [5.41, 5.74) is 3.05. The lowest BCUT2D eigenvalue weighted by Gasteiger charge is -2.13. The van der Waals surface area contributed by atoms with Crippen molar-refractivity contribution < 1.29 is 19.1 Å². The van der Waals surface area contributed by atoms with E-state index in [1.807, 2.05) is 49.4 Å². The van der Waals surface area contributed by atoms with Gasteiger partial charge >= 0.3 is 0 Å². The Morgan fingerprint density at radius 3 is 2.55 bits per heavy atom. The van der Waals surface area contributed by atoms with Gasteiger partial charge in [0, 0.05) is 16.3 Å². The Hall–Kier alpha value is -4.07. The molecule has 0 aliphatic carbocycles. The van der Waals surface area contributed by atoms with Crippen molar-refractivity contribution in [2.75, 3.05) is 11.9 Å². The van der Waals surface area contributed by atoms with Gasteiger partial charge in [0.1, 0.15) is 18.9 Å². The van der Waals surface area contributed by atoms with Crippen LogP contribution in [0.3, 0.4) is 0 Å². The maximum Gasteiger partial charge on any atom is 0.294 e. The van der Waals surface area contributed by atoms with Crippen molar-refractivity contribution in [2.45, 2.75) is 13.5 Å². The van der Waals surface area contributed by atoms with Gasteiger partial charge in [-0.05, 0) is 70.9 Å². The van der Waals surface area contributed by atoms with Gasteiger partial charge < -0.3 is 10.1 Å². The van der Waals surface area contributed by atoms with E-state index in [9.17, 15) is 14.4 Å². The Morgan fingerprint density at radius 1 is 0.974 bits per heavy atom. The number of carbonyl (C=O) groups excluding carboxylic acids is 3. The quantitative estimate of drug-likeness (QED) is 0.253. The summed E-state index contributed by atoms with van der Waals surface area (Å²) in [6, 6.07) is 26.7. The fraction of sp³-hybridized carbons (Fsp3) is 0.100. The molecule has 0 atom stereocenters. The molecule has 0 radical (unpaired) electrons. The van der Waals surface area contributed by atoms with Gasteiger partial charge in [-0.15, -0.1) is 0 Å². The van der Waals surface area contributed by atoms with Gasteiger partial charge in [-0.25, -0.2) is 0 Å². The predicted octanol–water partition coefficient (Wildman–Crippen LogP) is 7.06. The van der Waals surface area contributed by atoms with Gasteiger partial charge in [0.2, 0.25) is 5.91 Å². The molecule has 1 aliphatic heterocycles. The first-order valence-corrected chi connectivity index (χ1v) is 13.1. The van der Waals surface area contributed by atoms with Crippen molar-refractivity contribution in [1.29, 1.82) is 0 Å². The van der Waals surface area contributed by atoms with Crippen molar-refractivity contribution in [3.63, 3.8) is 0 Å². The Bertz CT molecular complexity index is 1600. The normalized spacial score (nSPS) is 14.4. The zero-order valence-corrected chi connectivity index (χ0v) is 22.0. The number of amides is 3. The molecular formula is C30H23ClN2O4S. The second kappa shape index (κ2) is 11.1. The minimum Gasteiger partial charge on any atom is -0.488 e. The lowest BCUT2D eigenvalue weighted by atomic mass is 10.1. The summed E-state index contributed by atoms with van der Waals surface area (Å²) in [5.74, 6) is -0.435. The number of carbonyl (C=O) groups is 3. The van der Waals surface area contributed by atoms with E-state index in [0.29, 0.717) is 28.6 Å². The van der Waals surface area contributed by atoms with Crippen LogP contribution >= 0.6 is 23.4 Å². The average molecular weight is 543 g/mol. The fourth-order valence-electron chi connectivity index (χ4n) is 4.01. The summed E-state index contributed by atoms with van der Waals surface area (Å²) in [6.45, 7) is 1.81. The number of benzene rings is 4. The highest BCUT2D eigenvalue weighted by atomic mass is 35.5. The third-order valence-corrected chi connectivity index (χ3v) is 7.36. The average Bonchev–Trinajstić information content (AvgIpc) is 3.17. The summed E-state index contributed by atoms with van der Waals surface area (Å²) in [6.07, 6.45) is 1.62. The minimum atomic E-state index is -0.526. The number of nitrogens with one attached hydrogen (secondary N) is 1. The molecule has 0 saturated carbocycles. The smallest absolute Gasteiger partial charge is 0.294 e. The lowest BCUT2D eigenvalue weighted by molar-refractivity contribution is -0.127. The topological polar surface area (TPSA) is 75.7 Å². The number of anilines is 1. The van der Waals surface area contributed by atoms with Crippen molar-refractivity contribution in [1.82, 2.24) is 4.90 Å². The van der Waals surface area contributed by atoms with Crippen molar-refractivity contribution >= 4 is 63.0 Å². The Labute approximate surface area is 229 Å². The molecule has 1 N–H and O–H groups in total. The third kappa shape index (κ3) is 5.74. The molecule has 0 aromatic heterocycles. The molecule has 0 bridgehead atoms. The molecule has 38 heavy (non-hydrogen) atoms. The Kier molecular flexibility index (Phi) is 7.49. The Balaban J connectivity index is 1.27.